The molecule has 0 radical (unpaired) electrons. The van der Waals surface area contributed by atoms with E-state index < -0.39 is 23.7 Å². The first-order valence-electron chi connectivity index (χ1n) is 11.4. The number of hydrogen-bond acceptors (Lipinski definition) is 10. The van der Waals surface area contributed by atoms with Gasteiger partial charge in [0.1, 0.15) is 5.76 Å². The highest BCUT2D eigenvalue weighted by Gasteiger charge is 2.48. The summed E-state index contributed by atoms with van der Waals surface area (Å²) in [5, 5.41) is 19.8. The molecular weight excluding hydrogens is 524 g/mol. The Kier molecular flexibility index (Phi) is 7.29. The maximum Gasteiger partial charge on any atom is 0.337 e. The van der Waals surface area contributed by atoms with Crippen molar-refractivity contribution in [1.82, 2.24) is 15.2 Å². The van der Waals surface area contributed by atoms with Crippen LogP contribution in [0.2, 0.25) is 0 Å². The van der Waals surface area contributed by atoms with E-state index in [9.17, 15) is 19.5 Å². The number of pyridine rings is 1. The minimum Gasteiger partial charge on any atom is -0.507 e. The second-order valence-corrected chi connectivity index (χ2v) is 10.3. The van der Waals surface area contributed by atoms with E-state index in [2.05, 4.69) is 15.2 Å². The van der Waals surface area contributed by atoms with Crippen LogP contribution in [0, 0.1) is 0 Å². The maximum atomic E-state index is 13.3. The molecule has 9 nitrogen and oxygen atoms in total. The Morgan fingerprint density at radius 3 is 2.39 bits per heavy atom. The van der Waals surface area contributed by atoms with Gasteiger partial charge in [0.15, 0.2) is 4.34 Å². The molecule has 1 amide bonds. The minimum atomic E-state index is -0.991. The molecule has 1 atom stereocenters. The Balaban J connectivity index is 1.55. The quantitative estimate of drug-likeness (QED) is 0.0885. The van der Waals surface area contributed by atoms with Crippen molar-refractivity contribution in [3.05, 3.63) is 107 Å². The number of aliphatic hydroxyl groups is 1. The first kappa shape index (κ1) is 25.3. The molecule has 1 fully saturated rings. The van der Waals surface area contributed by atoms with Crippen molar-refractivity contribution in [2.75, 3.05) is 12.0 Å². The number of ether oxygens (including phenoxy) is 1. The summed E-state index contributed by atoms with van der Waals surface area (Å²) in [6.45, 7) is 0. The number of carbonyl (C=O) groups excluding carboxylic acids is 3. The minimum absolute atomic E-state index is 0.0966. The Hall–Kier alpha value is -4.35. The molecule has 11 heteroatoms. The fraction of sp³-hybridized carbons (Fsp3) is 0.111. The summed E-state index contributed by atoms with van der Waals surface area (Å²) in [6, 6.07) is 18.3. The first-order chi connectivity index (χ1) is 18.5. The van der Waals surface area contributed by atoms with E-state index in [1.807, 2.05) is 30.3 Å². The molecule has 4 aromatic rings. The number of ketones is 1. The van der Waals surface area contributed by atoms with Gasteiger partial charge in [-0.25, -0.2) is 4.79 Å². The summed E-state index contributed by atoms with van der Waals surface area (Å²) in [6.07, 6.45) is 2.96. The Labute approximate surface area is 225 Å². The molecule has 190 valence electrons. The molecule has 1 aliphatic rings. The number of nitrogens with zero attached hydrogens (tertiary/aromatic N) is 4. The lowest BCUT2D eigenvalue weighted by Gasteiger charge is -2.22. The van der Waals surface area contributed by atoms with Gasteiger partial charge >= 0.3 is 11.9 Å². The van der Waals surface area contributed by atoms with Gasteiger partial charge in [0, 0.05) is 23.7 Å². The molecule has 2 aromatic carbocycles. The van der Waals surface area contributed by atoms with E-state index in [0.29, 0.717) is 26.8 Å². The van der Waals surface area contributed by atoms with Crippen molar-refractivity contribution in [3.8, 4) is 0 Å². The van der Waals surface area contributed by atoms with E-state index in [0.717, 1.165) is 5.56 Å². The molecule has 5 rings (SSSR count). The van der Waals surface area contributed by atoms with Crippen LogP contribution in [0.1, 0.15) is 33.1 Å². The fourth-order valence-electron chi connectivity index (χ4n) is 4.01. The number of anilines is 1. The normalized spacial score (nSPS) is 16.6. The SMILES string of the molecule is COC(=O)c1ccc(C2/C(=C(\O)c3ccncc3)C(=O)C(=O)N2c2nnc(SCc3ccccc3)s2)cc1. The van der Waals surface area contributed by atoms with E-state index in [1.54, 1.807) is 24.3 Å². The summed E-state index contributed by atoms with van der Waals surface area (Å²) < 4.78 is 5.39. The number of aliphatic hydroxyl groups excluding tert-OH is 1. The zero-order valence-corrected chi connectivity index (χ0v) is 21.6. The molecular formula is C27H20N4O5S2. The maximum absolute atomic E-state index is 13.3. The largest absolute Gasteiger partial charge is 0.507 e. The summed E-state index contributed by atoms with van der Waals surface area (Å²) in [4.78, 5) is 43.7. The van der Waals surface area contributed by atoms with Crippen LogP contribution >= 0.6 is 23.1 Å². The van der Waals surface area contributed by atoms with Crippen molar-refractivity contribution in [2.45, 2.75) is 16.1 Å². The van der Waals surface area contributed by atoms with Crippen molar-refractivity contribution in [3.63, 3.8) is 0 Å². The van der Waals surface area contributed by atoms with E-state index >= 15 is 0 Å². The predicted octanol–water partition coefficient (Wildman–Crippen LogP) is 4.64. The van der Waals surface area contributed by atoms with Crippen molar-refractivity contribution < 1.29 is 24.2 Å². The topological polar surface area (TPSA) is 123 Å². The average molecular weight is 545 g/mol. The van der Waals surface area contributed by atoms with E-state index in [1.165, 1.54) is 59.6 Å². The number of Topliss-reactive ketones (excluding diaryl/α,β-unsaturated/α-hetero) is 1. The van der Waals surface area contributed by atoms with Crippen LogP contribution in [0.4, 0.5) is 5.13 Å². The molecule has 0 aliphatic carbocycles. The highest BCUT2D eigenvalue weighted by atomic mass is 32.2. The van der Waals surface area contributed by atoms with Gasteiger partial charge in [-0.3, -0.25) is 19.5 Å². The number of aromatic nitrogens is 3. The van der Waals surface area contributed by atoms with Crippen LogP contribution < -0.4 is 4.90 Å². The first-order valence-corrected chi connectivity index (χ1v) is 13.2. The molecule has 0 saturated carbocycles. The molecule has 1 saturated heterocycles. The van der Waals surface area contributed by atoms with Crippen LogP contribution in [0.25, 0.3) is 5.76 Å². The number of esters is 1. The second kappa shape index (κ2) is 11.0. The molecule has 3 heterocycles. The summed E-state index contributed by atoms with van der Waals surface area (Å²) in [5.74, 6) is -1.88. The van der Waals surface area contributed by atoms with Crippen molar-refractivity contribution in [1.29, 1.82) is 0 Å². The van der Waals surface area contributed by atoms with Gasteiger partial charge < -0.3 is 9.84 Å². The third-order valence-electron chi connectivity index (χ3n) is 5.85. The van der Waals surface area contributed by atoms with E-state index in [-0.39, 0.29) is 16.5 Å². The predicted molar refractivity (Wildman–Crippen MR) is 143 cm³/mol. The van der Waals surface area contributed by atoms with Crippen LogP contribution in [0.15, 0.2) is 89.0 Å². The molecule has 1 aliphatic heterocycles. The monoisotopic (exact) mass is 544 g/mol. The number of carbonyl (C=O) groups is 3. The average Bonchev–Trinajstić information content (AvgIpc) is 3.54. The van der Waals surface area contributed by atoms with Crippen molar-refractivity contribution >= 4 is 51.6 Å². The molecule has 1 N–H and O–H groups in total. The fourth-order valence-corrected chi connectivity index (χ4v) is 5.83. The lowest BCUT2D eigenvalue weighted by Crippen LogP contribution is -2.29. The van der Waals surface area contributed by atoms with Gasteiger partial charge in [0.2, 0.25) is 5.13 Å². The number of amides is 1. The third-order valence-corrected chi connectivity index (χ3v) is 7.98. The highest BCUT2D eigenvalue weighted by molar-refractivity contribution is 8.00. The van der Waals surface area contributed by atoms with Crippen molar-refractivity contribution in [2.24, 2.45) is 0 Å². The number of benzene rings is 2. The summed E-state index contributed by atoms with van der Waals surface area (Å²) >= 11 is 2.65. The third kappa shape index (κ3) is 4.93. The smallest absolute Gasteiger partial charge is 0.337 e. The van der Waals surface area contributed by atoms with Gasteiger partial charge in [0.25, 0.3) is 5.78 Å². The van der Waals surface area contributed by atoms with Crippen LogP contribution in [-0.4, -0.2) is 45.1 Å². The van der Waals surface area contributed by atoms with E-state index in [4.69, 9.17) is 4.74 Å². The second-order valence-electron chi connectivity index (χ2n) is 8.14. The lowest BCUT2D eigenvalue weighted by atomic mass is 9.95. The molecule has 1 unspecified atom stereocenters. The Morgan fingerprint density at radius 1 is 1.00 bits per heavy atom. The summed E-state index contributed by atoms with van der Waals surface area (Å²) in [5.41, 5.74) is 2.16. The molecule has 0 bridgehead atoms. The standard InChI is InChI=1S/C27H20N4O5S2/c1-36-25(35)19-9-7-17(8-10-19)21-20(22(32)18-11-13-28-14-12-18)23(33)24(34)31(21)26-29-30-27(38-26)37-15-16-5-3-2-4-6-16/h2-14,21,32H,15H2,1H3/b22-20+. The summed E-state index contributed by atoms with van der Waals surface area (Å²) in [7, 11) is 1.28. The van der Waals surface area contributed by atoms with Gasteiger partial charge in [-0.2, -0.15) is 0 Å². The Bertz CT molecular complexity index is 1520. The van der Waals surface area contributed by atoms with Gasteiger partial charge in [-0.1, -0.05) is 65.6 Å². The van der Waals surface area contributed by atoms with Gasteiger partial charge in [-0.15, -0.1) is 10.2 Å². The highest BCUT2D eigenvalue weighted by Crippen LogP contribution is 2.44. The van der Waals surface area contributed by atoms with Crippen LogP contribution in [0.5, 0.6) is 0 Å². The lowest BCUT2D eigenvalue weighted by molar-refractivity contribution is -0.132. The Morgan fingerprint density at radius 2 is 1.71 bits per heavy atom. The zero-order valence-electron chi connectivity index (χ0n) is 20.0. The number of thioether (sulfide) groups is 1. The molecule has 2 aromatic heterocycles. The van der Waals surface area contributed by atoms with Gasteiger partial charge in [-0.05, 0) is 35.4 Å². The van der Waals surface area contributed by atoms with Gasteiger partial charge in [0.05, 0.1) is 24.3 Å². The number of rotatable bonds is 7. The number of hydrogen-bond donors (Lipinski definition) is 1. The zero-order chi connectivity index (χ0) is 26.6. The molecule has 0 spiro atoms. The van der Waals surface area contributed by atoms with Crippen LogP contribution in [-0.2, 0) is 20.1 Å². The molecule has 38 heavy (non-hydrogen) atoms. The van der Waals surface area contributed by atoms with Crippen LogP contribution in [0.3, 0.4) is 0 Å². The number of methoxy groups -OCH3 is 1.